The number of para-hydroxylation sites is 1. The van der Waals surface area contributed by atoms with Crippen molar-refractivity contribution in [1.29, 1.82) is 0 Å². The fraction of sp³-hybridized carbons (Fsp3) is 0.133. The first-order chi connectivity index (χ1) is 9.08. The van der Waals surface area contributed by atoms with E-state index in [0.29, 0.717) is 11.6 Å². The zero-order valence-corrected chi connectivity index (χ0v) is 10.8. The van der Waals surface area contributed by atoms with Crippen LogP contribution in [0, 0.1) is 19.7 Å². The van der Waals surface area contributed by atoms with E-state index < -0.39 is 0 Å². The van der Waals surface area contributed by atoms with Gasteiger partial charge in [-0.05, 0) is 43.2 Å². The van der Waals surface area contributed by atoms with E-state index in [0.717, 1.165) is 22.2 Å². The molecule has 0 bridgehead atoms. The van der Waals surface area contributed by atoms with Crippen molar-refractivity contribution >= 4 is 17.0 Å². The highest BCUT2D eigenvalue weighted by molar-refractivity contribution is 5.83. The van der Waals surface area contributed by atoms with Gasteiger partial charge in [0, 0.05) is 0 Å². The van der Waals surface area contributed by atoms with Crippen LogP contribution in [0.5, 0.6) is 0 Å². The molecule has 0 fully saturated rings. The van der Waals surface area contributed by atoms with E-state index >= 15 is 0 Å². The molecule has 3 nitrogen and oxygen atoms in total. The molecule has 0 amide bonds. The summed E-state index contributed by atoms with van der Waals surface area (Å²) in [5.74, 6) is 0.00121. The number of aryl methyl sites for hydroxylation is 2. The molecule has 0 aliphatic heterocycles. The number of nitrogens with two attached hydrogens (primary N) is 1. The first-order valence-corrected chi connectivity index (χ1v) is 6.08. The number of rotatable bonds is 1. The Hall–Kier alpha value is -2.36. The summed E-state index contributed by atoms with van der Waals surface area (Å²) in [6, 6.07) is 10.8. The monoisotopic (exact) mass is 255 g/mol. The van der Waals surface area contributed by atoms with Crippen molar-refractivity contribution in [3.63, 3.8) is 0 Å². The van der Waals surface area contributed by atoms with E-state index in [1.54, 1.807) is 10.6 Å². The normalized spacial score (nSPS) is 11.1. The van der Waals surface area contributed by atoms with Gasteiger partial charge in [0.15, 0.2) is 0 Å². The van der Waals surface area contributed by atoms with Crippen molar-refractivity contribution in [3.8, 4) is 5.69 Å². The summed E-state index contributed by atoms with van der Waals surface area (Å²) in [7, 11) is 0. The van der Waals surface area contributed by atoms with Crippen molar-refractivity contribution < 1.29 is 4.39 Å². The second kappa shape index (κ2) is 4.09. The predicted molar refractivity (Wildman–Crippen MR) is 74.9 cm³/mol. The molecule has 2 N–H and O–H groups in total. The number of hydrogen-bond donors (Lipinski definition) is 1. The van der Waals surface area contributed by atoms with Crippen LogP contribution < -0.4 is 5.73 Å². The van der Waals surface area contributed by atoms with Gasteiger partial charge < -0.3 is 5.73 Å². The third-order valence-electron chi connectivity index (χ3n) is 3.25. The lowest BCUT2D eigenvalue weighted by Gasteiger charge is -2.09. The Morgan fingerprint density at radius 2 is 1.95 bits per heavy atom. The van der Waals surface area contributed by atoms with Gasteiger partial charge in [-0.15, -0.1) is 0 Å². The van der Waals surface area contributed by atoms with Crippen LogP contribution >= 0.6 is 0 Å². The van der Waals surface area contributed by atoms with Gasteiger partial charge in [-0.2, -0.15) is 0 Å². The molecule has 0 atom stereocenters. The molecule has 3 rings (SSSR count). The molecule has 2 aromatic carbocycles. The summed E-state index contributed by atoms with van der Waals surface area (Å²) in [6.45, 7) is 3.82. The van der Waals surface area contributed by atoms with E-state index in [1.165, 1.54) is 6.07 Å². The van der Waals surface area contributed by atoms with Crippen LogP contribution in [0.4, 0.5) is 10.3 Å². The lowest BCUT2D eigenvalue weighted by atomic mass is 10.2. The average Bonchev–Trinajstić information content (AvgIpc) is 2.67. The lowest BCUT2D eigenvalue weighted by Crippen LogP contribution is -2.03. The van der Waals surface area contributed by atoms with Gasteiger partial charge in [0.25, 0.3) is 0 Å². The lowest BCUT2D eigenvalue weighted by molar-refractivity contribution is 0.618. The smallest absolute Gasteiger partial charge is 0.206 e. The Bertz CT molecular complexity index is 774. The number of hydrogen-bond acceptors (Lipinski definition) is 2. The Labute approximate surface area is 110 Å². The van der Waals surface area contributed by atoms with Crippen molar-refractivity contribution in [1.82, 2.24) is 9.55 Å². The SMILES string of the molecule is Cc1ccc(-n2c(N)nc3cccc(C)c32)c(F)c1. The third-order valence-corrected chi connectivity index (χ3v) is 3.25. The van der Waals surface area contributed by atoms with Gasteiger partial charge in [-0.1, -0.05) is 18.2 Å². The molecule has 0 saturated heterocycles. The average molecular weight is 255 g/mol. The van der Waals surface area contributed by atoms with E-state index in [9.17, 15) is 4.39 Å². The quantitative estimate of drug-likeness (QED) is 0.724. The Kier molecular flexibility index (Phi) is 2.52. The summed E-state index contributed by atoms with van der Waals surface area (Å²) >= 11 is 0. The molecule has 3 aromatic rings. The van der Waals surface area contributed by atoms with Crippen molar-refractivity contribution in [3.05, 3.63) is 53.3 Å². The third kappa shape index (κ3) is 1.76. The molecular formula is C15H14FN3. The predicted octanol–water partition coefficient (Wildman–Crippen LogP) is 3.36. The Balaban J connectivity index is 2.39. The van der Waals surface area contributed by atoms with Crippen LogP contribution in [0.1, 0.15) is 11.1 Å². The second-order valence-electron chi connectivity index (χ2n) is 4.70. The summed E-state index contributed by atoms with van der Waals surface area (Å²) in [4.78, 5) is 4.29. The number of nitrogen functional groups attached to an aromatic ring is 1. The molecule has 0 aliphatic rings. The zero-order valence-electron chi connectivity index (χ0n) is 10.8. The van der Waals surface area contributed by atoms with Crippen LogP contribution in [0.2, 0.25) is 0 Å². The fourth-order valence-electron chi connectivity index (χ4n) is 2.35. The first kappa shape index (κ1) is 11.7. The number of anilines is 1. The van der Waals surface area contributed by atoms with Crippen LogP contribution in [0.25, 0.3) is 16.7 Å². The van der Waals surface area contributed by atoms with Crippen LogP contribution in [-0.4, -0.2) is 9.55 Å². The molecule has 0 radical (unpaired) electrons. The number of imidazole rings is 1. The molecule has 19 heavy (non-hydrogen) atoms. The van der Waals surface area contributed by atoms with E-state index in [1.807, 2.05) is 38.1 Å². The van der Waals surface area contributed by atoms with Crippen LogP contribution in [0.15, 0.2) is 36.4 Å². The molecule has 4 heteroatoms. The molecule has 1 heterocycles. The van der Waals surface area contributed by atoms with Gasteiger partial charge in [0.1, 0.15) is 5.82 Å². The van der Waals surface area contributed by atoms with Gasteiger partial charge in [0.2, 0.25) is 5.95 Å². The summed E-state index contributed by atoms with van der Waals surface area (Å²) in [5, 5.41) is 0. The molecule has 96 valence electrons. The van der Waals surface area contributed by atoms with E-state index in [2.05, 4.69) is 4.98 Å². The minimum atomic E-state index is -0.297. The summed E-state index contributed by atoms with van der Waals surface area (Å²) in [5.41, 5.74) is 9.89. The largest absolute Gasteiger partial charge is 0.369 e. The van der Waals surface area contributed by atoms with Crippen molar-refractivity contribution in [2.75, 3.05) is 5.73 Å². The fourth-order valence-corrected chi connectivity index (χ4v) is 2.35. The van der Waals surface area contributed by atoms with Gasteiger partial charge in [0.05, 0.1) is 16.7 Å². The highest BCUT2D eigenvalue weighted by atomic mass is 19.1. The van der Waals surface area contributed by atoms with Crippen LogP contribution in [-0.2, 0) is 0 Å². The molecule has 1 aromatic heterocycles. The Morgan fingerprint density at radius 3 is 2.68 bits per heavy atom. The van der Waals surface area contributed by atoms with Gasteiger partial charge >= 0.3 is 0 Å². The van der Waals surface area contributed by atoms with Crippen molar-refractivity contribution in [2.24, 2.45) is 0 Å². The van der Waals surface area contributed by atoms with Crippen LogP contribution in [0.3, 0.4) is 0 Å². The molecular weight excluding hydrogens is 241 g/mol. The Morgan fingerprint density at radius 1 is 1.16 bits per heavy atom. The highest BCUT2D eigenvalue weighted by Crippen LogP contribution is 2.27. The number of halogens is 1. The molecule has 0 spiro atoms. The summed E-state index contributed by atoms with van der Waals surface area (Å²) in [6.07, 6.45) is 0. The van der Waals surface area contributed by atoms with Gasteiger partial charge in [-0.3, -0.25) is 4.57 Å². The maximum absolute atomic E-state index is 14.1. The number of aromatic nitrogens is 2. The van der Waals surface area contributed by atoms with E-state index in [-0.39, 0.29) is 5.82 Å². The minimum absolute atomic E-state index is 0.297. The standard InChI is InChI=1S/C15H14FN3/c1-9-6-7-13(11(16)8-9)19-14-10(2)4-3-5-12(14)18-15(19)17/h3-8H,1-2H3,(H2,17,18). The highest BCUT2D eigenvalue weighted by Gasteiger charge is 2.14. The molecule has 0 unspecified atom stereocenters. The topological polar surface area (TPSA) is 43.8 Å². The minimum Gasteiger partial charge on any atom is -0.369 e. The van der Waals surface area contributed by atoms with E-state index in [4.69, 9.17) is 5.73 Å². The zero-order chi connectivity index (χ0) is 13.6. The maximum Gasteiger partial charge on any atom is 0.206 e. The molecule has 0 saturated carbocycles. The number of nitrogens with zero attached hydrogens (tertiary/aromatic N) is 2. The summed E-state index contributed by atoms with van der Waals surface area (Å²) < 4.78 is 15.8. The van der Waals surface area contributed by atoms with Gasteiger partial charge in [-0.25, -0.2) is 9.37 Å². The first-order valence-electron chi connectivity index (χ1n) is 6.08. The maximum atomic E-state index is 14.1. The molecule has 0 aliphatic carbocycles. The van der Waals surface area contributed by atoms with Crippen molar-refractivity contribution in [2.45, 2.75) is 13.8 Å². The second-order valence-corrected chi connectivity index (χ2v) is 4.70. The number of benzene rings is 2. The number of fused-ring (bicyclic) bond motifs is 1.